The average Bonchev–Trinajstić information content (AvgIpc) is 2.77. The third-order valence-electron chi connectivity index (χ3n) is 4.32. The fraction of sp³-hybridized carbons (Fsp3) is 0.0909. The topological polar surface area (TPSA) is 78.8 Å². The van der Waals surface area contributed by atoms with Crippen molar-refractivity contribution in [2.45, 2.75) is 11.8 Å². The quantitative estimate of drug-likeness (QED) is 0.385. The minimum absolute atomic E-state index is 0.0148. The van der Waals surface area contributed by atoms with Gasteiger partial charge in [0.1, 0.15) is 12.4 Å². The summed E-state index contributed by atoms with van der Waals surface area (Å²) in [5.74, 6) is -1.15. The van der Waals surface area contributed by atoms with Gasteiger partial charge in [-0.25, -0.2) is 18.2 Å². The summed E-state index contributed by atoms with van der Waals surface area (Å²) in [6.07, 6.45) is 0. The van der Waals surface area contributed by atoms with E-state index in [2.05, 4.69) is 26.5 Å². The van der Waals surface area contributed by atoms with E-state index in [1.165, 1.54) is 24.3 Å². The summed E-state index contributed by atoms with van der Waals surface area (Å²) < 4.78 is 41.5. The number of carbonyl (C=O) groups is 1. The predicted molar refractivity (Wildman–Crippen MR) is 122 cm³/mol. The normalized spacial score (nSPS) is 11.8. The summed E-state index contributed by atoms with van der Waals surface area (Å²) in [5.41, 5.74) is 3.89. The first-order valence-electron chi connectivity index (χ1n) is 9.20. The Morgan fingerprint density at radius 3 is 2.35 bits per heavy atom. The molecule has 0 saturated heterocycles. The lowest BCUT2D eigenvalue weighted by Gasteiger charge is -2.23. The minimum Gasteiger partial charge on any atom is -0.271 e. The number of carbonyl (C=O) groups excluding carboxylic acids is 1. The maximum atomic E-state index is 13.4. The standard InChI is InChI=1S/C22H19BrFN3O3S/c1-16(17-6-5-7-18(23)14-17)25-26-22(28)15-27(20-12-10-19(24)11-13-20)31(29,30)21-8-3-2-4-9-21/h2-14H,15H2,1H3,(H,26,28)/b25-16-. The molecule has 0 atom stereocenters. The number of rotatable bonds is 7. The molecule has 0 fully saturated rings. The maximum Gasteiger partial charge on any atom is 0.264 e. The van der Waals surface area contributed by atoms with Gasteiger partial charge in [0, 0.05) is 4.47 Å². The molecule has 1 N–H and O–H groups in total. The lowest BCUT2D eigenvalue weighted by molar-refractivity contribution is -0.119. The molecule has 3 aromatic rings. The first-order valence-corrected chi connectivity index (χ1v) is 11.4. The van der Waals surface area contributed by atoms with E-state index < -0.39 is 28.3 Å². The molecule has 0 unspecified atom stereocenters. The van der Waals surface area contributed by atoms with Crippen LogP contribution >= 0.6 is 15.9 Å². The monoisotopic (exact) mass is 503 g/mol. The largest absolute Gasteiger partial charge is 0.271 e. The van der Waals surface area contributed by atoms with Gasteiger partial charge in [-0.2, -0.15) is 5.10 Å². The number of benzene rings is 3. The van der Waals surface area contributed by atoms with E-state index in [-0.39, 0.29) is 10.6 Å². The molecule has 0 bridgehead atoms. The lowest BCUT2D eigenvalue weighted by atomic mass is 10.1. The molecule has 0 heterocycles. The summed E-state index contributed by atoms with van der Waals surface area (Å²) in [6.45, 7) is 1.19. The summed E-state index contributed by atoms with van der Waals surface area (Å²) in [7, 11) is -4.06. The SMILES string of the molecule is C/C(=N/NC(=O)CN(c1ccc(F)cc1)S(=O)(=O)c1ccccc1)c1cccc(Br)c1. The summed E-state index contributed by atoms with van der Waals surface area (Å²) >= 11 is 3.38. The van der Waals surface area contributed by atoms with Gasteiger partial charge < -0.3 is 0 Å². The summed E-state index contributed by atoms with van der Waals surface area (Å²) in [5, 5.41) is 4.07. The minimum atomic E-state index is -4.06. The van der Waals surface area contributed by atoms with E-state index in [4.69, 9.17) is 0 Å². The number of nitrogens with zero attached hydrogens (tertiary/aromatic N) is 2. The first-order chi connectivity index (χ1) is 14.8. The Morgan fingerprint density at radius 2 is 1.71 bits per heavy atom. The van der Waals surface area contributed by atoms with Crippen molar-refractivity contribution in [3.05, 3.63) is 94.7 Å². The Bertz CT molecular complexity index is 1200. The highest BCUT2D eigenvalue weighted by atomic mass is 79.9. The fourth-order valence-corrected chi connectivity index (χ4v) is 4.57. The molecule has 3 aromatic carbocycles. The van der Waals surface area contributed by atoms with Gasteiger partial charge in [-0.15, -0.1) is 0 Å². The second kappa shape index (κ2) is 9.84. The third-order valence-corrected chi connectivity index (χ3v) is 6.61. The molecule has 160 valence electrons. The third kappa shape index (κ3) is 5.77. The van der Waals surface area contributed by atoms with Gasteiger partial charge >= 0.3 is 0 Å². The van der Waals surface area contributed by atoms with Crippen LogP contribution in [-0.4, -0.2) is 26.6 Å². The molecule has 6 nitrogen and oxygen atoms in total. The highest BCUT2D eigenvalue weighted by Gasteiger charge is 2.27. The summed E-state index contributed by atoms with van der Waals surface area (Å²) in [6, 6.07) is 20.0. The Morgan fingerprint density at radius 1 is 1.03 bits per heavy atom. The second-order valence-corrected chi connectivity index (χ2v) is 9.32. The number of amides is 1. The zero-order valence-corrected chi connectivity index (χ0v) is 18.9. The number of anilines is 1. The van der Waals surface area contributed by atoms with Crippen molar-refractivity contribution in [2.24, 2.45) is 5.10 Å². The smallest absolute Gasteiger partial charge is 0.264 e. The molecule has 3 rings (SSSR count). The van der Waals surface area contributed by atoms with Gasteiger partial charge in [0.05, 0.1) is 16.3 Å². The molecular formula is C22H19BrFN3O3S. The van der Waals surface area contributed by atoms with Crippen LogP contribution in [0.5, 0.6) is 0 Å². The Balaban J connectivity index is 1.85. The van der Waals surface area contributed by atoms with Crippen LogP contribution in [0.1, 0.15) is 12.5 Å². The highest BCUT2D eigenvalue weighted by molar-refractivity contribution is 9.10. The van der Waals surface area contributed by atoms with Crippen LogP contribution in [-0.2, 0) is 14.8 Å². The summed E-state index contributed by atoms with van der Waals surface area (Å²) in [4.78, 5) is 12.6. The van der Waals surface area contributed by atoms with Crippen LogP contribution in [0, 0.1) is 5.82 Å². The molecule has 1 amide bonds. The molecule has 0 spiro atoms. The van der Waals surface area contributed by atoms with Gasteiger partial charge in [-0.1, -0.05) is 46.3 Å². The van der Waals surface area contributed by atoms with E-state index in [9.17, 15) is 17.6 Å². The number of hydrogen-bond donors (Lipinski definition) is 1. The fourth-order valence-electron chi connectivity index (χ4n) is 2.73. The molecule has 0 aromatic heterocycles. The molecule has 0 aliphatic heterocycles. The van der Waals surface area contributed by atoms with Gasteiger partial charge in [0.15, 0.2) is 0 Å². The van der Waals surface area contributed by atoms with Crippen molar-refractivity contribution in [2.75, 3.05) is 10.8 Å². The average molecular weight is 504 g/mol. The molecular weight excluding hydrogens is 485 g/mol. The van der Waals surface area contributed by atoms with Crippen LogP contribution in [0.2, 0.25) is 0 Å². The number of nitrogens with one attached hydrogen (secondary N) is 1. The highest BCUT2D eigenvalue weighted by Crippen LogP contribution is 2.23. The van der Waals surface area contributed by atoms with Crippen LogP contribution in [0.15, 0.2) is 93.3 Å². The Labute approximate surface area is 188 Å². The molecule has 9 heteroatoms. The predicted octanol–water partition coefficient (Wildman–Crippen LogP) is 4.32. The van der Waals surface area contributed by atoms with E-state index in [0.29, 0.717) is 5.71 Å². The van der Waals surface area contributed by atoms with E-state index in [0.717, 1.165) is 26.5 Å². The van der Waals surface area contributed by atoms with Crippen molar-refractivity contribution in [3.8, 4) is 0 Å². The van der Waals surface area contributed by atoms with Crippen molar-refractivity contribution >= 4 is 43.3 Å². The van der Waals surface area contributed by atoms with Gasteiger partial charge in [0.2, 0.25) is 0 Å². The Hall–Kier alpha value is -3.04. The van der Waals surface area contributed by atoms with Crippen molar-refractivity contribution < 1.29 is 17.6 Å². The van der Waals surface area contributed by atoms with Crippen molar-refractivity contribution in [1.82, 2.24) is 5.43 Å². The van der Waals surface area contributed by atoms with Crippen LogP contribution < -0.4 is 9.73 Å². The molecule has 0 aliphatic rings. The molecule has 0 aliphatic carbocycles. The van der Waals surface area contributed by atoms with Crippen LogP contribution in [0.4, 0.5) is 10.1 Å². The van der Waals surface area contributed by atoms with E-state index in [1.54, 1.807) is 25.1 Å². The first kappa shape index (κ1) is 22.6. The molecule has 31 heavy (non-hydrogen) atoms. The maximum absolute atomic E-state index is 13.4. The number of hydrogen-bond acceptors (Lipinski definition) is 4. The van der Waals surface area contributed by atoms with E-state index in [1.807, 2.05) is 24.3 Å². The zero-order valence-electron chi connectivity index (χ0n) is 16.5. The molecule has 0 saturated carbocycles. The van der Waals surface area contributed by atoms with E-state index >= 15 is 0 Å². The number of halogens is 2. The van der Waals surface area contributed by atoms with Crippen LogP contribution in [0.25, 0.3) is 0 Å². The van der Waals surface area contributed by atoms with Crippen LogP contribution in [0.3, 0.4) is 0 Å². The zero-order chi connectivity index (χ0) is 22.4. The van der Waals surface area contributed by atoms with Gasteiger partial charge in [-0.3, -0.25) is 9.10 Å². The van der Waals surface area contributed by atoms with Gasteiger partial charge in [-0.05, 0) is 61.0 Å². The Kier molecular flexibility index (Phi) is 7.19. The number of sulfonamides is 1. The molecule has 0 radical (unpaired) electrons. The second-order valence-electron chi connectivity index (χ2n) is 6.54. The number of hydrazone groups is 1. The van der Waals surface area contributed by atoms with Crippen molar-refractivity contribution in [3.63, 3.8) is 0 Å². The lowest BCUT2D eigenvalue weighted by Crippen LogP contribution is -2.39. The van der Waals surface area contributed by atoms with Gasteiger partial charge in [0.25, 0.3) is 15.9 Å². The van der Waals surface area contributed by atoms with Crippen molar-refractivity contribution in [1.29, 1.82) is 0 Å².